The van der Waals surface area contributed by atoms with Gasteiger partial charge in [0.15, 0.2) is 0 Å². The lowest BCUT2D eigenvalue weighted by Crippen LogP contribution is -2.46. The Morgan fingerprint density at radius 2 is 1.76 bits per heavy atom. The summed E-state index contributed by atoms with van der Waals surface area (Å²) in [6.07, 6.45) is 0.630. The number of hydrogen-bond acceptors (Lipinski definition) is 3. The van der Waals surface area contributed by atoms with Crippen molar-refractivity contribution in [3.05, 3.63) is 0 Å². The minimum atomic E-state index is -0.528. The van der Waals surface area contributed by atoms with Gasteiger partial charge in [0.25, 0.3) is 0 Å². The molecule has 0 unspecified atom stereocenters. The lowest BCUT2D eigenvalue weighted by atomic mass is 10.0. The normalized spacial score (nSPS) is 12.4. The van der Waals surface area contributed by atoms with Crippen molar-refractivity contribution in [1.82, 2.24) is 10.2 Å². The molecule has 0 aromatic rings. The summed E-state index contributed by atoms with van der Waals surface area (Å²) in [6.45, 7) is 9.18. The average Bonchev–Trinajstić information content (AvgIpc) is 2.26. The van der Waals surface area contributed by atoms with E-state index in [9.17, 15) is 9.59 Å². The van der Waals surface area contributed by atoms with Crippen LogP contribution in [0.25, 0.3) is 0 Å². The number of amides is 2. The van der Waals surface area contributed by atoms with E-state index >= 15 is 0 Å². The molecule has 0 aliphatic heterocycles. The van der Waals surface area contributed by atoms with Crippen molar-refractivity contribution >= 4 is 11.8 Å². The molecule has 2 amide bonds. The Labute approximate surface area is 104 Å². The van der Waals surface area contributed by atoms with E-state index < -0.39 is 6.04 Å². The van der Waals surface area contributed by atoms with Gasteiger partial charge in [-0.25, -0.2) is 0 Å². The Morgan fingerprint density at radius 3 is 2.18 bits per heavy atom. The third-order valence-corrected chi connectivity index (χ3v) is 2.59. The van der Waals surface area contributed by atoms with Crippen LogP contribution in [0.4, 0.5) is 0 Å². The van der Waals surface area contributed by atoms with Crippen LogP contribution in [-0.4, -0.2) is 42.4 Å². The Bertz CT molecular complexity index is 250. The predicted octanol–water partition coefficient (Wildman–Crippen LogP) is 0.344. The van der Waals surface area contributed by atoms with Crippen LogP contribution in [0.1, 0.15) is 34.1 Å². The number of carbonyl (C=O) groups excluding carboxylic acids is 2. The van der Waals surface area contributed by atoms with E-state index in [1.54, 1.807) is 4.90 Å². The number of rotatable bonds is 7. The summed E-state index contributed by atoms with van der Waals surface area (Å²) in [6, 6.07) is -0.528. The lowest BCUT2D eigenvalue weighted by molar-refractivity contribution is -0.132. The van der Waals surface area contributed by atoms with Gasteiger partial charge in [-0.05, 0) is 26.2 Å². The lowest BCUT2D eigenvalue weighted by Gasteiger charge is -2.20. The van der Waals surface area contributed by atoms with Crippen molar-refractivity contribution in [2.75, 3.05) is 19.6 Å². The van der Waals surface area contributed by atoms with Gasteiger partial charge < -0.3 is 16.0 Å². The molecule has 0 saturated carbocycles. The highest BCUT2D eigenvalue weighted by molar-refractivity contribution is 5.87. The van der Waals surface area contributed by atoms with E-state index in [4.69, 9.17) is 5.73 Å². The van der Waals surface area contributed by atoms with E-state index in [0.717, 1.165) is 0 Å². The molecule has 0 aliphatic rings. The molecule has 17 heavy (non-hydrogen) atoms. The van der Waals surface area contributed by atoms with Crippen molar-refractivity contribution < 1.29 is 9.59 Å². The van der Waals surface area contributed by atoms with Gasteiger partial charge in [-0.3, -0.25) is 9.59 Å². The fraction of sp³-hybridized carbons (Fsp3) is 0.833. The quantitative estimate of drug-likeness (QED) is 0.677. The van der Waals surface area contributed by atoms with Gasteiger partial charge in [0.05, 0.1) is 12.6 Å². The summed E-state index contributed by atoms with van der Waals surface area (Å²) in [5.41, 5.74) is 5.71. The summed E-state index contributed by atoms with van der Waals surface area (Å²) in [7, 11) is 0. The molecule has 0 aromatic heterocycles. The Hall–Kier alpha value is -1.10. The molecule has 0 saturated heterocycles. The van der Waals surface area contributed by atoms with Gasteiger partial charge >= 0.3 is 0 Å². The zero-order chi connectivity index (χ0) is 13.4. The maximum Gasteiger partial charge on any atom is 0.241 e. The monoisotopic (exact) mass is 243 g/mol. The van der Waals surface area contributed by atoms with Gasteiger partial charge in [0.1, 0.15) is 0 Å². The molecule has 3 N–H and O–H groups in total. The number of carbonyl (C=O) groups is 2. The first-order valence-electron chi connectivity index (χ1n) is 6.23. The standard InChI is InChI=1S/C12H25N3O2/c1-5-15(6-2)11(16)8-14-12(17)10(13)7-9(3)4/h9-10H,5-8,13H2,1-4H3,(H,14,17)/t10-/m1/s1. The Morgan fingerprint density at radius 1 is 1.24 bits per heavy atom. The van der Waals surface area contributed by atoms with E-state index in [2.05, 4.69) is 5.32 Å². The molecule has 0 heterocycles. The maximum absolute atomic E-state index is 11.6. The van der Waals surface area contributed by atoms with Gasteiger partial charge in [-0.2, -0.15) is 0 Å². The fourth-order valence-corrected chi connectivity index (χ4v) is 1.60. The van der Waals surface area contributed by atoms with Gasteiger partial charge in [0.2, 0.25) is 11.8 Å². The second-order valence-corrected chi connectivity index (χ2v) is 4.52. The zero-order valence-corrected chi connectivity index (χ0v) is 11.3. The molecule has 5 heteroatoms. The van der Waals surface area contributed by atoms with Gasteiger partial charge in [0, 0.05) is 13.1 Å². The molecule has 0 aliphatic carbocycles. The number of nitrogens with zero attached hydrogens (tertiary/aromatic N) is 1. The second kappa shape index (κ2) is 8.06. The third-order valence-electron chi connectivity index (χ3n) is 2.59. The molecule has 0 radical (unpaired) electrons. The largest absolute Gasteiger partial charge is 0.346 e. The van der Waals surface area contributed by atoms with E-state index in [0.29, 0.717) is 25.4 Å². The van der Waals surface area contributed by atoms with Crippen LogP contribution in [0, 0.1) is 5.92 Å². The maximum atomic E-state index is 11.6. The summed E-state index contributed by atoms with van der Waals surface area (Å²) in [4.78, 5) is 24.9. The first-order valence-corrected chi connectivity index (χ1v) is 6.23. The topological polar surface area (TPSA) is 75.4 Å². The van der Waals surface area contributed by atoms with Crippen LogP contribution >= 0.6 is 0 Å². The summed E-state index contributed by atoms with van der Waals surface area (Å²) < 4.78 is 0. The first-order chi connectivity index (χ1) is 7.92. The van der Waals surface area contributed by atoms with Crippen molar-refractivity contribution in [3.8, 4) is 0 Å². The fourth-order valence-electron chi connectivity index (χ4n) is 1.60. The van der Waals surface area contributed by atoms with Crippen LogP contribution < -0.4 is 11.1 Å². The second-order valence-electron chi connectivity index (χ2n) is 4.52. The van der Waals surface area contributed by atoms with Gasteiger partial charge in [-0.1, -0.05) is 13.8 Å². The minimum absolute atomic E-state index is 0.0340. The molecule has 0 aromatic carbocycles. The predicted molar refractivity (Wildman–Crippen MR) is 68.4 cm³/mol. The highest BCUT2D eigenvalue weighted by Gasteiger charge is 2.16. The minimum Gasteiger partial charge on any atom is -0.346 e. The highest BCUT2D eigenvalue weighted by atomic mass is 16.2. The number of nitrogens with two attached hydrogens (primary N) is 1. The molecule has 0 fully saturated rings. The number of likely N-dealkylation sites (N-methyl/N-ethyl adjacent to an activating group) is 1. The molecule has 5 nitrogen and oxygen atoms in total. The van der Waals surface area contributed by atoms with Crippen LogP contribution in [-0.2, 0) is 9.59 Å². The van der Waals surface area contributed by atoms with Crippen molar-refractivity contribution in [3.63, 3.8) is 0 Å². The Balaban J connectivity index is 4.02. The Kier molecular flexibility index (Phi) is 7.54. The van der Waals surface area contributed by atoms with Crippen molar-refractivity contribution in [2.24, 2.45) is 11.7 Å². The zero-order valence-electron chi connectivity index (χ0n) is 11.3. The summed E-state index contributed by atoms with van der Waals surface area (Å²) in [5, 5.41) is 2.58. The molecule has 100 valence electrons. The van der Waals surface area contributed by atoms with E-state index in [1.165, 1.54) is 0 Å². The summed E-state index contributed by atoms with van der Waals surface area (Å²) >= 11 is 0. The third kappa shape index (κ3) is 6.26. The molecule has 0 rings (SSSR count). The SMILES string of the molecule is CCN(CC)C(=O)CNC(=O)[C@H](N)CC(C)C. The van der Waals surface area contributed by atoms with E-state index in [-0.39, 0.29) is 18.4 Å². The van der Waals surface area contributed by atoms with Crippen molar-refractivity contribution in [1.29, 1.82) is 0 Å². The van der Waals surface area contributed by atoms with Gasteiger partial charge in [-0.15, -0.1) is 0 Å². The molecular formula is C12H25N3O2. The van der Waals surface area contributed by atoms with Crippen LogP contribution in [0.3, 0.4) is 0 Å². The molecule has 1 atom stereocenters. The average molecular weight is 243 g/mol. The van der Waals surface area contributed by atoms with Crippen molar-refractivity contribution in [2.45, 2.75) is 40.2 Å². The van der Waals surface area contributed by atoms with E-state index in [1.807, 2.05) is 27.7 Å². The number of hydrogen-bond donors (Lipinski definition) is 2. The smallest absolute Gasteiger partial charge is 0.241 e. The molecular weight excluding hydrogens is 218 g/mol. The molecule has 0 bridgehead atoms. The number of nitrogens with one attached hydrogen (secondary N) is 1. The highest BCUT2D eigenvalue weighted by Crippen LogP contribution is 2.02. The van der Waals surface area contributed by atoms with Crippen LogP contribution in [0.2, 0.25) is 0 Å². The van der Waals surface area contributed by atoms with Crippen LogP contribution in [0.5, 0.6) is 0 Å². The van der Waals surface area contributed by atoms with Crippen LogP contribution in [0.15, 0.2) is 0 Å². The summed E-state index contributed by atoms with van der Waals surface area (Å²) in [5.74, 6) is 0.0496. The first kappa shape index (κ1) is 15.9. The molecule has 0 spiro atoms.